The highest BCUT2D eigenvalue weighted by molar-refractivity contribution is 5.94. The van der Waals surface area contributed by atoms with E-state index in [1.807, 2.05) is 31.2 Å². The van der Waals surface area contributed by atoms with Gasteiger partial charge < -0.3 is 11.1 Å². The number of rotatable bonds is 3. The average molecular weight is 246 g/mol. The molecule has 98 valence electrons. The molecule has 3 nitrogen and oxygen atoms in total. The summed E-state index contributed by atoms with van der Waals surface area (Å²) >= 11 is 0. The quantitative estimate of drug-likeness (QED) is 0.859. The van der Waals surface area contributed by atoms with Crippen molar-refractivity contribution in [2.24, 2.45) is 11.7 Å². The smallest absolute Gasteiger partial charge is 0.251 e. The first-order valence-electron chi connectivity index (χ1n) is 6.75. The average Bonchev–Trinajstić information content (AvgIpc) is 2.36. The fourth-order valence-corrected chi connectivity index (χ4v) is 2.64. The molecule has 0 heterocycles. The Kier molecular flexibility index (Phi) is 4.37. The zero-order valence-electron chi connectivity index (χ0n) is 11.0. The van der Waals surface area contributed by atoms with E-state index in [1.165, 1.54) is 12.8 Å². The molecular formula is C15H22N2O. The van der Waals surface area contributed by atoms with Crippen molar-refractivity contribution < 1.29 is 4.79 Å². The van der Waals surface area contributed by atoms with Gasteiger partial charge in [-0.3, -0.25) is 4.79 Å². The molecule has 0 bridgehead atoms. The Balaban J connectivity index is 1.84. The fourth-order valence-electron chi connectivity index (χ4n) is 2.64. The SMILES string of the molecule is Cc1cccc(C(=O)NCC2CCCC(N)C2)c1. The largest absolute Gasteiger partial charge is 0.352 e. The van der Waals surface area contributed by atoms with E-state index in [0.717, 1.165) is 30.5 Å². The first kappa shape index (κ1) is 13.1. The topological polar surface area (TPSA) is 55.1 Å². The summed E-state index contributed by atoms with van der Waals surface area (Å²) in [4.78, 5) is 12.0. The number of hydrogen-bond acceptors (Lipinski definition) is 2. The first-order chi connectivity index (χ1) is 8.65. The van der Waals surface area contributed by atoms with E-state index >= 15 is 0 Å². The maximum absolute atomic E-state index is 12.0. The lowest BCUT2D eigenvalue weighted by Gasteiger charge is -2.26. The minimum atomic E-state index is 0.0258. The lowest BCUT2D eigenvalue weighted by atomic mass is 9.86. The number of nitrogens with one attached hydrogen (secondary N) is 1. The highest BCUT2D eigenvalue weighted by atomic mass is 16.1. The Labute approximate surface area is 109 Å². The first-order valence-corrected chi connectivity index (χ1v) is 6.75. The van der Waals surface area contributed by atoms with Gasteiger partial charge in [-0.25, -0.2) is 0 Å². The van der Waals surface area contributed by atoms with Gasteiger partial charge in [0.1, 0.15) is 0 Å². The number of carbonyl (C=O) groups excluding carboxylic acids is 1. The molecule has 1 aliphatic carbocycles. The molecule has 0 spiro atoms. The molecule has 2 unspecified atom stereocenters. The highest BCUT2D eigenvalue weighted by Gasteiger charge is 2.19. The maximum atomic E-state index is 12.0. The van der Waals surface area contributed by atoms with Gasteiger partial charge in [-0.15, -0.1) is 0 Å². The van der Waals surface area contributed by atoms with Gasteiger partial charge in [0.2, 0.25) is 0 Å². The van der Waals surface area contributed by atoms with Crippen molar-refractivity contribution in [3.63, 3.8) is 0 Å². The molecular weight excluding hydrogens is 224 g/mol. The van der Waals surface area contributed by atoms with E-state index in [9.17, 15) is 4.79 Å². The Morgan fingerprint density at radius 2 is 2.28 bits per heavy atom. The number of aryl methyl sites for hydroxylation is 1. The van der Waals surface area contributed by atoms with Crippen molar-refractivity contribution in [3.05, 3.63) is 35.4 Å². The summed E-state index contributed by atoms with van der Waals surface area (Å²) < 4.78 is 0. The van der Waals surface area contributed by atoms with E-state index < -0.39 is 0 Å². The molecule has 1 aromatic carbocycles. The molecule has 0 aromatic heterocycles. The van der Waals surface area contributed by atoms with Gasteiger partial charge in [-0.2, -0.15) is 0 Å². The van der Waals surface area contributed by atoms with Crippen LogP contribution in [0.4, 0.5) is 0 Å². The zero-order chi connectivity index (χ0) is 13.0. The van der Waals surface area contributed by atoms with Gasteiger partial charge in [0, 0.05) is 18.2 Å². The summed E-state index contributed by atoms with van der Waals surface area (Å²) in [5, 5.41) is 3.02. The Bertz CT molecular complexity index is 417. The Morgan fingerprint density at radius 3 is 3.00 bits per heavy atom. The second kappa shape index (κ2) is 6.01. The van der Waals surface area contributed by atoms with Crippen molar-refractivity contribution >= 4 is 5.91 Å². The lowest BCUT2D eigenvalue weighted by molar-refractivity contribution is 0.0942. The van der Waals surface area contributed by atoms with Crippen LogP contribution in [0.15, 0.2) is 24.3 Å². The van der Waals surface area contributed by atoms with E-state index in [-0.39, 0.29) is 5.91 Å². The summed E-state index contributed by atoms with van der Waals surface area (Å²) in [5.41, 5.74) is 7.81. The van der Waals surface area contributed by atoms with E-state index in [0.29, 0.717) is 12.0 Å². The molecule has 3 N–H and O–H groups in total. The molecule has 1 amide bonds. The Hall–Kier alpha value is -1.35. The molecule has 18 heavy (non-hydrogen) atoms. The monoisotopic (exact) mass is 246 g/mol. The molecule has 1 saturated carbocycles. The van der Waals surface area contributed by atoms with Gasteiger partial charge in [0.25, 0.3) is 5.91 Å². The van der Waals surface area contributed by atoms with E-state index in [2.05, 4.69) is 5.32 Å². The van der Waals surface area contributed by atoms with Crippen LogP contribution in [0.5, 0.6) is 0 Å². The van der Waals surface area contributed by atoms with Crippen molar-refractivity contribution in [1.82, 2.24) is 5.32 Å². The summed E-state index contributed by atoms with van der Waals surface area (Å²) in [7, 11) is 0. The van der Waals surface area contributed by atoms with Gasteiger partial charge >= 0.3 is 0 Å². The molecule has 1 aliphatic rings. The summed E-state index contributed by atoms with van der Waals surface area (Å²) in [6, 6.07) is 8.01. The summed E-state index contributed by atoms with van der Waals surface area (Å²) in [6.45, 7) is 2.75. The summed E-state index contributed by atoms with van der Waals surface area (Å²) in [6.07, 6.45) is 4.53. The van der Waals surface area contributed by atoms with Crippen molar-refractivity contribution in [2.75, 3.05) is 6.54 Å². The minimum absolute atomic E-state index is 0.0258. The van der Waals surface area contributed by atoms with Crippen molar-refractivity contribution in [2.45, 2.75) is 38.6 Å². The molecule has 3 heteroatoms. The van der Waals surface area contributed by atoms with Gasteiger partial charge in [-0.05, 0) is 44.2 Å². The third kappa shape index (κ3) is 3.57. The van der Waals surface area contributed by atoms with Crippen LogP contribution in [-0.2, 0) is 0 Å². The van der Waals surface area contributed by atoms with Crippen LogP contribution in [-0.4, -0.2) is 18.5 Å². The van der Waals surface area contributed by atoms with Crippen LogP contribution in [0.2, 0.25) is 0 Å². The molecule has 0 aliphatic heterocycles. The predicted octanol–water partition coefficient (Wildman–Crippen LogP) is 2.24. The molecule has 0 saturated heterocycles. The molecule has 0 radical (unpaired) electrons. The van der Waals surface area contributed by atoms with Crippen LogP contribution >= 0.6 is 0 Å². The second-order valence-electron chi connectivity index (χ2n) is 5.37. The zero-order valence-corrected chi connectivity index (χ0v) is 11.0. The van der Waals surface area contributed by atoms with Crippen LogP contribution < -0.4 is 11.1 Å². The van der Waals surface area contributed by atoms with Crippen LogP contribution in [0, 0.1) is 12.8 Å². The van der Waals surface area contributed by atoms with Gasteiger partial charge in [-0.1, -0.05) is 24.1 Å². The van der Waals surface area contributed by atoms with Crippen LogP contribution in [0.25, 0.3) is 0 Å². The second-order valence-corrected chi connectivity index (χ2v) is 5.37. The Morgan fingerprint density at radius 1 is 1.44 bits per heavy atom. The molecule has 1 fully saturated rings. The molecule has 2 rings (SSSR count). The maximum Gasteiger partial charge on any atom is 0.251 e. The van der Waals surface area contributed by atoms with Crippen LogP contribution in [0.1, 0.15) is 41.6 Å². The standard InChI is InChI=1S/C15H22N2O/c1-11-4-2-6-13(8-11)15(18)17-10-12-5-3-7-14(16)9-12/h2,4,6,8,12,14H,3,5,7,9-10,16H2,1H3,(H,17,18). The summed E-state index contributed by atoms with van der Waals surface area (Å²) in [5.74, 6) is 0.570. The van der Waals surface area contributed by atoms with Gasteiger partial charge in [0.05, 0.1) is 0 Å². The van der Waals surface area contributed by atoms with Crippen molar-refractivity contribution in [1.29, 1.82) is 0 Å². The van der Waals surface area contributed by atoms with E-state index in [1.54, 1.807) is 0 Å². The molecule has 2 atom stereocenters. The third-order valence-electron chi connectivity index (χ3n) is 3.65. The van der Waals surface area contributed by atoms with Crippen LogP contribution in [0.3, 0.4) is 0 Å². The highest BCUT2D eigenvalue weighted by Crippen LogP contribution is 2.22. The number of carbonyl (C=O) groups is 1. The number of benzene rings is 1. The predicted molar refractivity (Wildman–Crippen MR) is 73.4 cm³/mol. The minimum Gasteiger partial charge on any atom is -0.352 e. The third-order valence-corrected chi connectivity index (χ3v) is 3.65. The number of amides is 1. The lowest BCUT2D eigenvalue weighted by Crippen LogP contribution is -2.35. The van der Waals surface area contributed by atoms with Gasteiger partial charge in [0.15, 0.2) is 0 Å². The number of hydrogen-bond donors (Lipinski definition) is 2. The fraction of sp³-hybridized carbons (Fsp3) is 0.533. The normalized spacial score (nSPS) is 23.7. The molecule has 1 aromatic rings. The number of nitrogens with two attached hydrogens (primary N) is 1. The van der Waals surface area contributed by atoms with Crippen molar-refractivity contribution in [3.8, 4) is 0 Å². The van der Waals surface area contributed by atoms with E-state index in [4.69, 9.17) is 5.73 Å².